The predicted molar refractivity (Wildman–Crippen MR) is 62.3 cm³/mol. The van der Waals surface area contributed by atoms with Crippen molar-refractivity contribution < 1.29 is 9.13 Å². The van der Waals surface area contributed by atoms with Gasteiger partial charge >= 0.3 is 0 Å². The predicted octanol–water partition coefficient (Wildman–Crippen LogP) is 2.24. The first-order valence-electron chi connectivity index (χ1n) is 5.13. The van der Waals surface area contributed by atoms with E-state index in [1.807, 2.05) is 0 Å². The van der Waals surface area contributed by atoms with Crippen molar-refractivity contribution in [3.63, 3.8) is 0 Å². The van der Waals surface area contributed by atoms with Crippen molar-refractivity contribution in [2.24, 2.45) is 0 Å². The largest absolute Gasteiger partial charge is 0.481 e. The summed E-state index contributed by atoms with van der Waals surface area (Å²) in [5.74, 6) is 0.738. The average molecular weight is 233 g/mol. The van der Waals surface area contributed by atoms with Gasteiger partial charge in [-0.1, -0.05) is 12.1 Å². The summed E-state index contributed by atoms with van der Waals surface area (Å²) >= 11 is 0. The fourth-order valence-corrected chi connectivity index (χ4v) is 1.32. The van der Waals surface area contributed by atoms with Crippen LogP contribution in [0.2, 0.25) is 0 Å². The number of methoxy groups -OCH3 is 1. The van der Waals surface area contributed by atoms with Gasteiger partial charge in [0.25, 0.3) is 0 Å². The molecule has 2 rings (SSSR count). The third-order valence-electron chi connectivity index (χ3n) is 2.20. The number of anilines is 1. The zero-order chi connectivity index (χ0) is 12.1. The van der Waals surface area contributed by atoms with Crippen molar-refractivity contribution in [3.8, 4) is 5.88 Å². The van der Waals surface area contributed by atoms with Crippen LogP contribution in [0.4, 0.5) is 10.3 Å². The van der Waals surface area contributed by atoms with E-state index in [9.17, 15) is 4.39 Å². The molecule has 0 aliphatic carbocycles. The van der Waals surface area contributed by atoms with E-state index in [4.69, 9.17) is 4.74 Å². The molecular formula is C12H12FN3O. The molecule has 0 amide bonds. The lowest BCUT2D eigenvalue weighted by molar-refractivity contribution is 0.397. The molecule has 0 unspecified atom stereocenters. The minimum atomic E-state index is -0.244. The summed E-state index contributed by atoms with van der Waals surface area (Å²) in [6.07, 6.45) is 1.61. The Balaban J connectivity index is 1.99. The Morgan fingerprint density at radius 3 is 2.71 bits per heavy atom. The summed E-state index contributed by atoms with van der Waals surface area (Å²) in [5.41, 5.74) is 0.956. The van der Waals surface area contributed by atoms with Crippen LogP contribution in [0.15, 0.2) is 36.5 Å². The molecule has 88 valence electrons. The monoisotopic (exact) mass is 233 g/mol. The molecule has 0 saturated carbocycles. The van der Waals surface area contributed by atoms with Gasteiger partial charge in [0.05, 0.1) is 7.11 Å². The molecule has 1 heterocycles. The van der Waals surface area contributed by atoms with Gasteiger partial charge in [0.15, 0.2) is 0 Å². The van der Waals surface area contributed by atoms with Gasteiger partial charge in [0.1, 0.15) is 5.82 Å². The van der Waals surface area contributed by atoms with Gasteiger partial charge in [-0.15, -0.1) is 0 Å². The van der Waals surface area contributed by atoms with Crippen molar-refractivity contribution in [1.29, 1.82) is 0 Å². The van der Waals surface area contributed by atoms with Crippen molar-refractivity contribution in [3.05, 3.63) is 47.9 Å². The average Bonchev–Trinajstić information content (AvgIpc) is 2.38. The summed E-state index contributed by atoms with van der Waals surface area (Å²) in [6.45, 7) is 0.535. The third-order valence-corrected chi connectivity index (χ3v) is 2.20. The maximum Gasteiger partial charge on any atom is 0.226 e. The highest BCUT2D eigenvalue weighted by molar-refractivity contribution is 5.29. The Kier molecular flexibility index (Phi) is 3.49. The van der Waals surface area contributed by atoms with Gasteiger partial charge in [-0.25, -0.2) is 9.37 Å². The summed E-state index contributed by atoms with van der Waals surface area (Å²) < 4.78 is 17.7. The molecule has 1 aromatic heterocycles. The Labute approximate surface area is 98.5 Å². The van der Waals surface area contributed by atoms with E-state index in [-0.39, 0.29) is 5.82 Å². The van der Waals surface area contributed by atoms with Crippen molar-refractivity contribution >= 4 is 5.95 Å². The highest BCUT2D eigenvalue weighted by atomic mass is 19.1. The third kappa shape index (κ3) is 3.14. The molecule has 0 spiro atoms. The Bertz CT molecular complexity index is 487. The Hall–Kier alpha value is -2.17. The van der Waals surface area contributed by atoms with Crippen LogP contribution < -0.4 is 10.1 Å². The molecule has 0 atom stereocenters. The summed E-state index contributed by atoms with van der Waals surface area (Å²) in [5, 5.41) is 3.03. The van der Waals surface area contributed by atoms with Gasteiger partial charge in [0.2, 0.25) is 11.8 Å². The highest BCUT2D eigenvalue weighted by Crippen LogP contribution is 2.09. The second-order valence-electron chi connectivity index (χ2n) is 3.40. The number of rotatable bonds is 4. The van der Waals surface area contributed by atoms with Gasteiger partial charge in [-0.05, 0) is 17.7 Å². The zero-order valence-electron chi connectivity index (χ0n) is 9.35. The minimum Gasteiger partial charge on any atom is -0.481 e. The Morgan fingerprint density at radius 2 is 2.00 bits per heavy atom. The van der Waals surface area contributed by atoms with Crippen LogP contribution >= 0.6 is 0 Å². The maximum atomic E-state index is 12.7. The number of aromatic nitrogens is 2. The lowest BCUT2D eigenvalue weighted by Gasteiger charge is -2.05. The number of hydrogen-bond acceptors (Lipinski definition) is 4. The number of ether oxygens (including phenoxy) is 1. The van der Waals surface area contributed by atoms with Gasteiger partial charge < -0.3 is 10.1 Å². The molecule has 2 aromatic rings. The molecule has 0 fully saturated rings. The normalized spacial score (nSPS) is 10.0. The van der Waals surface area contributed by atoms with E-state index in [1.165, 1.54) is 12.1 Å². The van der Waals surface area contributed by atoms with Crippen LogP contribution in [-0.4, -0.2) is 17.1 Å². The van der Waals surface area contributed by atoms with Crippen LogP contribution in [0.5, 0.6) is 5.88 Å². The van der Waals surface area contributed by atoms with Crippen LogP contribution in [0.3, 0.4) is 0 Å². The topological polar surface area (TPSA) is 47.0 Å². The van der Waals surface area contributed by atoms with E-state index in [1.54, 1.807) is 31.5 Å². The lowest BCUT2D eigenvalue weighted by atomic mass is 10.2. The molecule has 5 heteroatoms. The zero-order valence-corrected chi connectivity index (χ0v) is 9.35. The maximum absolute atomic E-state index is 12.7. The van der Waals surface area contributed by atoms with Crippen LogP contribution in [0.25, 0.3) is 0 Å². The number of hydrogen-bond donors (Lipinski definition) is 1. The number of benzene rings is 1. The second kappa shape index (κ2) is 5.25. The first kappa shape index (κ1) is 11.3. The molecule has 0 aliphatic heterocycles. The van der Waals surface area contributed by atoms with Crippen molar-refractivity contribution in [2.75, 3.05) is 12.4 Å². The SMILES string of the molecule is COc1ccnc(NCc2ccc(F)cc2)n1. The van der Waals surface area contributed by atoms with E-state index >= 15 is 0 Å². The molecule has 1 aromatic carbocycles. The van der Waals surface area contributed by atoms with Crippen molar-refractivity contribution in [1.82, 2.24) is 9.97 Å². The number of halogens is 1. The lowest BCUT2D eigenvalue weighted by Crippen LogP contribution is -2.04. The van der Waals surface area contributed by atoms with Crippen molar-refractivity contribution in [2.45, 2.75) is 6.54 Å². The quantitative estimate of drug-likeness (QED) is 0.879. The minimum absolute atomic E-state index is 0.244. The Morgan fingerprint density at radius 1 is 1.24 bits per heavy atom. The van der Waals surface area contributed by atoms with Gasteiger partial charge in [-0.3, -0.25) is 0 Å². The summed E-state index contributed by atoms with van der Waals surface area (Å²) in [4.78, 5) is 8.15. The number of nitrogens with one attached hydrogen (secondary N) is 1. The van der Waals surface area contributed by atoms with E-state index in [0.717, 1.165) is 5.56 Å². The summed E-state index contributed by atoms with van der Waals surface area (Å²) in [6, 6.07) is 7.93. The van der Waals surface area contributed by atoms with Crippen LogP contribution in [0, 0.1) is 5.82 Å². The molecule has 0 bridgehead atoms. The van der Waals surface area contributed by atoms with Gasteiger partial charge in [-0.2, -0.15) is 4.98 Å². The molecule has 0 radical (unpaired) electrons. The fourth-order valence-electron chi connectivity index (χ4n) is 1.32. The highest BCUT2D eigenvalue weighted by Gasteiger charge is 1.99. The molecule has 0 saturated heterocycles. The van der Waals surface area contributed by atoms with E-state index < -0.39 is 0 Å². The first-order valence-corrected chi connectivity index (χ1v) is 5.13. The van der Waals surface area contributed by atoms with Gasteiger partial charge in [0, 0.05) is 18.8 Å². The van der Waals surface area contributed by atoms with Crippen LogP contribution in [-0.2, 0) is 6.54 Å². The molecule has 1 N–H and O–H groups in total. The molecule has 4 nitrogen and oxygen atoms in total. The van der Waals surface area contributed by atoms with Crippen LogP contribution in [0.1, 0.15) is 5.56 Å². The molecule has 0 aliphatic rings. The number of nitrogens with zero attached hydrogens (tertiary/aromatic N) is 2. The summed E-state index contributed by atoms with van der Waals surface area (Å²) in [7, 11) is 1.55. The fraction of sp³-hybridized carbons (Fsp3) is 0.167. The standard InChI is InChI=1S/C12H12FN3O/c1-17-11-6-7-14-12(16-11)15-8-9-2-4-10(13)5-3-9/h2-7H,8H2,1H3,(H,14,15,16). The molecule has 17 heavy (non-hydrogen) atoms. The smallest absolute Gasteiger partial charge is 0.226 e. The second-order valence-corrected chi connectivity index (χ2v) is 3.40. The van der Waals surface area contributed by atoms with E-state index in [2.05, 4.69) is 15.3 Å². The first-order chi connectivity index (χ1) is 8.28. The molecular weight excluding hydrogens is 221 g/mol. The van der Waals surface area contributed by atoms with E-state index in [0.29, 0.717) is 18.4 Å².